The first-order valence-electron chi connectivity index (χ1n) is 8.54. The number of hydrogen-bond acceptors (Lipinski definition) is 4. The van der Waals surface area contributed by atoms with Crippen LogP contribution < -0.4 is 5.63 Å². The molecule has 0 radical (unpaired) electrons. The molecule has 0 unspecified atom stereocenters. The molecule has 0 fully saturated rings. The van der Waals surface area contributed by atoms with Gasteiger partial charge in [0.05, 0.1) is 20.4 Å². The van der Waals surface area contributed by atoms with Crippen LogP contribution in [0, 0.1) is 0 Å². The molecule has 0 amide bonds. The van der Waals surface area contributed by atoms with Crippen LogP contribution in [0.3, 0.4) is 0 Å². The molecule has 0 saturated heterocycles. The molecule has 0 aliphatic rings. The summed E-state index contributed by atoms with van der Waals surface area (Å²) in [6, 6.07) is 14.9. The molecule has 0 aliphatic heterocycles. The Hall–Kier alpha value is -2.48. The predicted octanol–water partition coefficient (Wildman–Crippen LogP) is 6.37. The Morgan fingerprint density at radius 2 is 1.86 bits per heavy atom. The van der Waals surface area contributed by atoms with Crippen molar-refractivity contribution in [3.63, 3.8) is 0 Å². The highest BCUT2D eigenvalue weighted by Gasteiger charge is 2.19. The van der Waals surface area contributed by atoms with Gasteiger partial charge in [0.25, 0.3) is 0 Å². The molecule has 5 nitrogen and oxygen atoms in total. The Labute approximate surface area is 186 Å². The topological polar surface area (TPSA) is 60.9 Å². The standard InChI is InChI=1S/C21H10Br2ClN3O2/c22-12-9-16(27(10-12)19-15(24)6-3-7-25-19)20-26-18-14(21(28)29-20)8-11-4-1-2-5-13(11)17(18)23/h1-10H. The summed E-state index contributed by atoms with van der Waals surface area (Å²) in [6.07, 6.45) is 3.44. The SMILES string of the molecule is O=c1oc(-c2cc(Br)cn2-c2ncccc2Cl)nc2c(Br)c3ccccc3cc12. The third-order valence-corrected chi connectivity index (χ3v) is 6.09. The highest BCUT2D eigenvalue weighted by atomic mass is 79.9. The molecular weight excluding hydrogens is 522 g/mol. The summed E-state index contributed by atoms with van der Waals surface area (Å²) in [5, 5.41) is 2.77. The van der Waals surface area contributed by atoms with Crippen LogP contribution in [0.15, 0.2) is 79.1 Å². The van der Waals surface area contributed by atoms with Crippen LogP contribution in [0.2, 0.25) is 5.02 Å². The lowest BCUT2D eigenvalue weighted by atomic mass is 10.1. The summed E-state index contributed by atoms with van der Waals surface area (Å²) < 4.78 is 8.85. The lowest BCUT2D eigenvalue weighted by Crippen LogP contribution is -2.06. The first kappa shape index (κ1) is 18.5. The van der Waals surface area contributed by atoms with Gasteiger partial charge in [0.2, 0.25) is 5.89 Å². The van der Waals surface area contributed by atoms with E-state index in [1.165, 1.54) is 0 Å². The largest absolute Gasteiger partial charge is 0.401 e. The normalized spacial score (nSPS) is 11.4. The van der Waals surface area contributed by atoms with E-state index in [4.69, 9.17) is 16.0 Å². The molecule has 0 N–H and O–H groups in total. The second-order valence-corrected chi connectivity index (χ2v) is 8.45. The molecule has 3 aromatic heterocycles. The maximum Gasteiger partial charge on any atom is 0.347 e. The van der Waals surface area contributed by atoms with Crippen LogP contribution in [0.5, 0.6) is 0 Å². The van der Waals surface area contributed by atoms with Crippen molar-refractivity contribution in [3.05, 3.63) is 85.3 Å². The van der Waals surface area contributed by atoms with Gasteiger partial charge in [0, 0.05) is 16.9 Å². The van der Waals surface area contributed by atoms with E-state index < -0.39 is 5.63 Å². The van der Waals surface area contributed by atoms with Gasteiger partial charge in [-0.2, -0.15) is 0 Å². The number of halogens is 3. The molecule has 0 saturated carbocycles. The van der Waals surface area contributed by atoms with Gasteiger partial charge in [-0.1, -0.05) is 35.9 Å². The fourth-order valence-electron chi connectivity index (χ4n) is 3.26. The molecule has 0 atom stereocenters. The highest BCUT2D eigenvalue weighted by Crippen LogP contribution is 2.33. The second-order valence-electron chi connectivity index (χ2n) is 6.34. The molecule has 0 spiro atoms. The summed E-state index contributed by atoms with van der Waals surface area (Å²) >= 11 is 13.4. The van der Waals surface area contributed by atoms with E-state index in [0.717, 1.165) is 19.7 Å². The first-order valence-corrected chi connectivity index (χ1v) is 10.5. The average molecular weight is 532 g/mol. The lowest BCUT2D eigenvalue weighted by molar-refractivity contribution is 0.515. The van der Waals surface area contributed by atoms with Crippen molar-refractivity contribution < 1.29 is 4.42 Å². The van der Waals surface area contributed by atoms with E-state index in [1.54, 1.807) is 41.2 Å². The number of fused-ring (bicyclic) bond motifs is 2. The fourth-order valence-corrected chi connectivity index (χ4v) is 4.56. The van der Waals surface area contributed by atoms with Gasteiger partial charge >= 0.3 is 5.63 Å². The molecule has 3 heterocycles. The maximum atomic E-state index is 12.8. The van der Waals surface area contributed by atoms with Crippen molar-refractivity contribution in [3.8, 4) is 17.4 Å². The fraction of sp³-hybridized carbons (Fsp3) is 0. The van der Waals surface area contributed by atoms with E-state index in [1.807, 2.05) is 24.3 Å². The van der Waals surface area contributed by atoms with Gasteiger partial charge in [-0.15, -0.1) is 0 Å². The zero-order chi connectivity index (χ0) is 20.1. The molecule has 142 valence electrons. The summed E-state index contributed by atoms with van der Waals surface area (Å²) in [7, 11) is 0. The van der Waals surface area contributed by atoms with Crippen LogP contribution in [0.25, 0.3) is 39.1 Å². The van der Waals surface area contributed by atoms with E-state index >= 15 is 0 Å². The first-order chi connectivity index (χ1) is 14.0. The van der Waals surface area contributed by atoms with Crippen molar-refractivity contribution >= 4 is 65.1 Å². The number of aromatic nitrogens is 3. The smallest absolute Gasteiger partial charge is 0.347 e. The number of hydrogen-bond donors (Lipinski definition) is 0. The molecule has 0 bridgehead atoms. The van der Waals surface area contributed by atoms with Crippen molar-refractivity contribution in [2.24, 2.45) is 0 Å². The zero-order valence-electron chi connectivity index (χ0n) is 14.6. The monoisotopic (exact) mass is 529 g/mol. The van der Waals surface area contributed by atoms with Gasteiger partial charge < -0.3 is 4.42 Å². The van der Waals surface area contributed by atoms with Crippen LogP contribution in [-0.2, 0) is 0 Å². The zero-order valence-corrected chi connectivity index (χ0v) is 18.5. The second kappa shape index (κ2) is 7.09. The summed E-state index contributed by atoms with van der Waals surface area (Å²) in [5.41, 5.74) is 0.620. The van der Waals surface area contributed by atoms with Crippen LogP contribution in [-0.4, -0.2) is 14.5 Å². The molecule has 5 aromatic rings. The average Bonchev–Trinajstić information content (AvgIpc) is 3.11. The van der Waals surface area contributed by atoms with Crippen LogP contribution >= 0.6 is 43.5 Å². The Bertz CT molecular complexity index is 1480. The Balaban J connectivity index is 1.81. The molecule has 8 heteroatoms. The van der Waals surface area contributed by atoms with Gasteiger partial charge in [0.1, 0.15) is 5.69 Å². The minimum atomic E-state index is -0.465. The Morgan fingerprint density at radius 1 is 1.03 bits per heavy atom. The summed E-state index contributed by atoms with van der Waals surface area (Å²) in [4.78, 5) is 21.8. The molecular formula is C21H10Br2ClN3O2. The van der Waals surface area contributed by atoms with Crippen molar-refractivity contribution in [2.75, 3.05) is 0 Å². The van der Waals surface area contributed by atoms with E-state index in [0.29, 0.717) is 27.4 Å². The number of nitrogens with zero attached hydrogens (tertiary/aromatic N) is 3. The van der Waals surface area contributed by atoms with Crippen molar-refractivity contribution in [2.45, 2.75) is 0 Å². The highest BCUT2D eigenvalue weighted by molar-refractivity contribution is 9.11. The number of rotatable bonds is 2. The minimum Gasteiger partial charge on any atom is -0.401 e. The van der Waals surface area contributed by atoms with Crippen molar-refractivity contribution in [1.29, 1.82) is 0 Å². The van der Waals surface area contributed by atoms with Gasteiger partial charge in [-0.25, -0.2) is 14.8 Å². The van der Waals surface area contributed by atoms with Crippen LogP contribution in [0.1, 0.15) is 0 Å². The molecule has 2 aromatic carbocycles. The minimum absolute atomic E-state index is 0.172. The third-order valence-electron chi connectivity index (χ3n) is 4.56. The quantitative estimate of drug-likeness (QED) is 0.248. The number of pyridine rings is 1. The van der Waals surface area contributed by atoms with E-state index in [9.17, 15) is 4.79 Å². The van der Waals surface area contributed by atoms with E-state index in [2.05, 4.69) is 41.8 Å². The third kappa shape index (κ3) is 3.10. The van der Waals surface area contributed by atoms with Gasteiger partial charge in [0.15, 0.2) is 5.82 Å². The Morgan fingerprint density at radius 3 is 2.69 bits per heavy atom. The Kier molecular flexibility index (Phi) is 4.53. The van der Waals surface area contributed by atoms with Crippen LogP contribution in [0.4, 0.5) is 0 Å². The predicted molar refractivity (Wildman–Crippen MR) is 121 cm³/mol. The van der Waals surface area contributed by atoms with Gasteiger partial charge in [-0.05, 0) is 66.9 Å². The molecule has 29 heavy (non-hydrogen) atoms. The lowest BCUT2D eigenvalue weighted by Gasteiger charge is -2.10. The number of benzene rings is 2. The summed E-state index contributed by atoms with van der Waals surface area (Å²) in [5.74, 6) is 0.683. The molecule has 0 aliphatic carbocycles. The van der Waals surface area contributed by atoms with Gasteiger partial charge in [-0.3, -0.25) is 4.57 Å². The maximum absolute atomic E-state index is 12.8. The molecule has 5 rings (SSSR count). The van der Waals surface area contributed by atoms with E-state index in [-0.39, 0.29) is 5.89 Å². The van der Waals surface area contributed by atoms with Crippen molar-refractivity contribution in [1.82, 2.24) is 14.5 Å². The summed E-state index contributed by atoms with van der Waals surface area (Å²) in [6.45, 7) is 0.